The molecular formula is C30H31NO6. The third-order valence-corrected chi connectivity index (χ3v) is 7.19. The molecule has 7 heteroatoms. The van der Waals surface area contributed by atoms with Gasteiger partial charge in [-0.05, 0) is 42.0 Å². The highest BCUT2D eigenvalue weighted by atomic mass is 16.5. The Morgan fingerprint density at radius 2 is 1.68 bits per heavy atom. The number of aliphatic hydroxyl groups is 1. The molecule has 1 saturated carbocycles. The number of nitrogens with zero attached hydrogens (tertiary/aromatic N) is 1. The normalized spacial score (nSPS) is 21.5. The number of hydrogen-bond acceptors (Lipinski definition) is 5. The molecule has 0 saturated heterocycles. The van der Waals surface area contributed by atoms with E-state index in [9.17, 15) is 19.8 Å². The Bertz CT molecular complexity index is 1260. The average molecular weight is 502 g/mol. The Morgan fingerprint density at radius 3 is 2.32 bits per heavy atom. The first-order chi connectivity index (χ1) is 17.9. The minimum Gasteiger partial charge on any atom is -0.488 e. The van der Waals surface area contributed by atoms with Gasteiger partial charge in [-0.3, -0.25) is 4.79 Å². The van der Waals surface area contributed by atoms with E-state index in [0.717, 1.165) is 22.3 Å². The van der Waals surface area contributed by atoms with E-state index in [1.165, 1.54) is 4.90 Å². The standard InChI is InChI=1S/C30H31NO6/c1-19-12-13-22-17-31(29(33)28(21-10-6-3-7-11-21)37-24-14-23(32)15-24)26(30(34)35)16-25(22)27(19)36-18-20-8-4-2-5-9-20/h2-13,23-24,26,28,32H,14-18H2,1H3,(H,34,35)/t23-,24+,26-,28+/m0/s1. The molecule has 3 aromatic rings. The molecule has 2 atom stereocenters. The van der Waals surface area contributed by atoms with Crippen LogP contribution in [0, 0.1) is 6.92 Å². The highest BCUT2D eigenvalue weighted by Crippen LogP contribution is 2.37. The number of fused-ring (bicyclic) bond motifs is 1. The summed E-state index contributed by atoms with van der Waals surface area (Å²) in [5.74, 6) is -0.780. The van der Waals surface area contributed by atoms with Crippen molar-refractivity contribution in [3.05, 3.63) is 101 Å². The summed E-state index contributed by atoms with van der Waals surface area (Å²) in [6, 6.07) is 21.8. The van der Waals surface area contributed by atoms with Crippen LogP contribution in [0.1, 0.15) is 46.8 Å². The number of aliphatic hydroxyl groups excluding tert-OH is 1. The number of ether oxygens (including phenoxy) is 2. The van der Waals surface area contributed by atoms with E-state index < -0.39 is 30.1 Å². The van der Waals surface area contributed by atoms with Crippen molar-refractivity contribution in [1.29, 1.82) is 0 Å². The van der Waals surface area contributed by atoms with Crippen LogP contribution < -0.4 is 4.74 Å². The first-order valence-corrected chi connectivity index (χ1v) is 12.6. The van der Waals surface area contributed by atoms with Crippen molar-refractivity contribution in [2.75, 3.05) is 0 Å². The molecule has 3 aromatic carbocycles. The molecule has 1 heterocycles. The monoisotopic (exact) mass is 501 g/mol. The van der Waals surface area contributed by atoms with Gasteiger partial charge in [-0.15, -0.1) is 0 Å². The molecule has 37 heavy (non-hydrogen) atoms. The average Bonchev–Trinajstić information content (AvgIpc) is 2.90. The maximum absolute atomic E-state index is 13.9. The summed E-state index contributed by atoms with van der Waals surface area (Å²) in [7, 11) is 0. The highest BCUT2D eigenvalue weighted by Gasteiger charge is 2.41. The van der Waals surface area contributed by atoms with Crippen molar-refractivity contribution in [2.24, 2.45) is 0 Å². The van der Waals surface area contributed by atoms with E-state index in [4.69, 9.17) is 9.47 Å². The first kappa shape index (κ1) is 25.0. The molecule has 0 spiro atoms. The van der Waals surface area contributed by atoms with Gasteiger partial charge < -0.3 is 24.6 Å². The summed E-state index contributed by atoms with van der Waals surface area (Å²) < 4.78 is 12.3. The third-order valence-electron chi connectivity index (χ3n) is 7.19. The van der Waals surface area contributed by atoms with E-state index >= 15 is 0 Å². The Kier molecular flexibility index (Phi) is 7.26. The predicted octanol–water partition coefficient (Wildman–Crippen LogP) is 4.19. The zero-order valence-electron chi connectivity index (χ0n) is 20.7. The second kappa shape index (κ2) is 10.7. The van der Waals surface area contributed by atoms with Crippen molar-refractivity contribution in [1.82, 2.24) is 4.90 Å². The SMILES string of the molecule is Cc1ccc2c(c1OCc1ccccc1)C[C@@H](C(=O)O)N(C(=O)[C@H](O[C@H]1C[C@@H](O)C1)c1ccccc1)C2. The van der Waals surface area contributed by atoms with Crippen LogP contribution in [0.5, 0.6) is 5.75 Å². The Labute approximate surface area is 216 Å². The molecule has 0 radical (unpaired) electrons. The molecule has 1 fully saturated rings. The molecule has 2 N–H and O–H groups in total. The molecule has 7 nitrogen and oxygen atoms in total. The Morgan fingerprint density at radius 1 is 1.00 bits per heavy atom. The van der Waals surface area contributed by atoms with Crippen LogP contribution in [-0.2, 0) is 33.9 Å². The lowest BCUT2D eigenvalue weighted by atomic mass is 9.90. The van der Waals surface area contributed by atoms with Gasteiger partial charge in [0.1, 0.15) is 18.4 Å². The highest BCUT2D eigenvalue weighted by molar-refractivity contribution is 5.88. The number of aryl methyl sites for hydroxylation is 1. The summed E-state index contributed by atoms with van der Waals surface area (Å²) in [5.41, 5.74) is 4.30. The van der Waals surface area contributed by atoms with E-state index in [-0.39, 0.29) is 19.1 Å². The van der Waals surface area contributed by atoms with Gasteiger partial charge >= 0.3 is 5.97 Å². The van der Waals surface area contributed by atoms with Gasteiger partial charge in [0.15, 0.2) is 6.10 Å². The van der Waals surface area contributed by atoms with Crippen LogP contribution in [0.15, 0.2) is 72.8 Å². The second-order valence-corrected chi connectivity index (χ2v) is 9.82. The molecular weight excluding hydrogens is 470 g/mol. The van der Waals surface area contributed by atoms with Crippen LogP contribution in [0.2, 0.25) is 0 Å². The number of rotatable bonds is 8. The lowest BCUT2D eigenvalue weighted by molar-refractivity contribution is -0.167. The number of carboxylic acids is 1. The molecule has 2 aliphatic rings. The van der Waals surface area contributed by atoms with Crippen molar-refractivity contribution in [2.45, 2.75) is 63.7 Å². The van der Waals surface area contributed by atoms with Gasteiger partial charge in [0.25, 0.3) is 5.91 Å². The van der Waals surface area contributed by atoms with E-state index in [0.29, 0.717) is 30.8 Å². The molecule has 5 rings (SSSR count). The summed E-state index contributed by atoms with van der Waals surface area (Å²) >= 11 is 0. The Hall–Kier alpha value is -3.68. The number of hydrogen-bond donors (Lipinski definition) is 2. The van der Waals surface area contributed by atoms with E-state index in [1.807, 2.05) is 79.7 Å². The van der Waals surface area contributed by atoms with Crippen LogP contribution in [-0.4, -0.2) is 45.2 Å². The second-order valence-electron chi connectivity index (χ2n) is 9.82. The topological polar surface area (TPSA) is 96.3 Å². The number of benzene rings is 3. The number of carbonyl (C=O) groups excluding carboxylic acids is 1. The molecule has 1 aliphatic heterocycles. The number of aliphatic carboxylic acids is 1. The molecule has 0 aromatic heterocycles. The van der Waals surface area contributed by atoms with Gasteiger partial charge in [-0.25, -0.2) is 4.79 Å². The summed E-state index contributed by atoms with van der Waals surface area (Å²) in [6.45, 7) is 2.46. The maximum atomic E-state index is 13.9. The molecule has 0 unspecified atom stereocenters. The van der Waals surface area contributed by atoms with Crippen molar-refractivity contribution in [3.63, 3.8) is 0 Å². The van der Waals surface area contributed by atoms with Crippen LogP contribution in [0.4, 0.5) is 0 Å². The van der Waals surface area contributed by atoms with Crippen LogP contribution >= 0.6 is 0 Å². The third kappa shape index (κ3) is 5.38. The number of carboxylic acid groups (broad SMARTS) is 1. The van der Waals surface area contributed by atoms with Crippen molar-refractivity contribution >= 4 is 11.9 Å². The summed E-state index contributed by atoms with van der Waals surface area (Å²) in [6.07, 6.45) is -0.549. The largest absolute Gasteiger partial charge is 0.488 e. The molecule has 1 amide bonds. The zero-order chi connectivity index (χ0) is 25.9. The fraction of sp³-hybridized carbons (Fsp3) is 0.333. The van der Waals surface area contributed by atoms with Gasteiger partial charge in [0.2, 0.25) is 0 Å². The maximum Gasteiger partial charge on any atom is 0.326 e. The summed E-state index contributed by atoms with van der Waals surface area (Å²) in [4.78, 5) is 27.7. The lowest BCUT2D eigenvalue weighted by Crippen LogP contribution is -2.51. The zero-order valence-corrected chi connectivity index (χ0v) is 20.7. The Balaban J connectivity index is 1.43. The predicted molar refractivity (Wildman–Crippen MR) is 137 cm³/mol. The number of carbonyl (C=O) groups is 2. The van der Waals surface area contributed by atoms with Gasteiger partial charge in [0, 0.05) is 18.5 Å². The minimum atomic E-state index is -1.07. The van der Waals surface area contributed by atoms with Gasteiger partial charge in [-0.1, -0.05) is 72.8 Å². The van der Waals surface area contributed by atoms with Crippen LogP contribution in [0.25, 0.3) is 0 Å². The van der Waals surface area contributed by atoms with E-state index in [1.54, 1.807) is 0 Å². The van der Waals surface area contributed by atoms with Crippen LogP contribution in [0.3, 0.4) is 0 Å². The first-order valence-electron chi connectivity index (χ1n) is 12.6. The van der Waals surface area contributed by atoms with E-state index in [2.05, 4.69) is 0 Å². The van der Waals surface area contributed by atoms with Crippen molar-refractivity contribution in [3.8, 4) is 5.75 Å². The fourth-order valence-corrected chi connectivity index (χ4v) is 5.04. The minimum absolute atomic E-state index is 0.145. The molecule has 0 bridgehead atoms. The molecule has 1 aliphatic carbocycles. The van der Waals surface area contributed by atoms with Crippen molar-refractivity contribution < 1.29 is 29.3 Å². The van der Waals surface area contributed by atoms with Gasteiger partial charge in [0.05, 0.1) is 12.2 Å². The molecule has 192 valence electrons. The summed E-state index contributed by atoms with van der Waals surface area (Å²) in [5, 5.41) is 19.9. The fourth-order valence-electron chi connectivity index (χ4n) is 5.04. The number of amides is 1. The van der Waals surface area contributed by atoms with Gasteiger partial charge in [-0.2, -0.15) is 0 Å². The lowest BCUT2D eigenvalue weighted by Gasteiger charge is -2.39. The quantitative estimate of drug-likeness (QED) is 0.481. The smallest absolute Gasteiger partial charge is 0.326 e.